The molecular formula is C17H24N2OS. The van der Waals surface area contributed by atoms with E-state index >= 15 is 0 Å². The summed E-state index contributed by atoms with van der Waals surface area (Å²) >= 11 is 1.96. The maximum atomic E-state index is 12.5. The van der Waals surface area contributed by atoms with Crippen molar-refractivity contribution in [2.75, 3.05) is 37.7 Å². The van der Waals surface area contributed by atoms with Crippen LogP contribution in [0.3, 0.4) is 0 Å². The first kappa shape index (κ1) is 14.9. The van der Waals surface area contributed by atoms with Gasteiger partial charge < -0.3 is 4.90 Å². The molecule has 0 bridgehead atoms. The average molecular weight is 304 g/mol. The third-order valence-corrected chi connectivity index (χ3v) is 5.38. The van der Waals surface area contributed by atoms with Gasteiger partial charge in [-0.15, -0.1) is 0 Å². The predicted octanol–water partition coefficient (Wildman–Crippen LogP) is 2.39. The molecule has 0 aliphatic carbocycles. The topological polar surface area (TPSA) is 23.6 Å². The number of aryl methyl sites for hydroxylation is 1. The molecule has 2 saturated heterocycles. The van der Waals surface area contributed by atoms with E-state index in [4.69, 9.17) is 0 Å². The molecule has 3 rings (SSSR count). The lowest BCUT2D eigenvalue weighted by atomic mass is 10.1. The molecule has 114 valence electrons. The smallest absolute Gasteiger partial charge is 0.227 e. The molecule has 0 aromatic heterocycles. The Kier molecular flexibility index (Phi) is 4.86. The highest BCUT2D eigenvalue weighted by Crippen LogP contribution is 2.22. The van der Waals surface area contributed by atoms with Crippen LogP contribution < -0.4 is 0 Å². The third kappa shape index (κ3) is 3.80. The molecule has 2 fully saturated rings. The van der Waals surface area contributed by atoms with E-state index in [0.29, 0.717) is 5.91 Å². The lowest BCUT2D eigenvalue weighted by molar-refractivity contribution is -0.134. The van der Waals surface area contributed by atoms with Crippen LogP contribution in [0.5, 0.6) is 0 Å². The zero-order valence-electron chi connectivity index (χ0n) is 12.8. The van der Waals surface area contributed by atoms with Gasteiger partial charge in [-0.2, -0.15) is 11.8 Å². The number of hydrogen-bond donors (Lipinski definition) is 0. The lowest BCUT2D eigenvalue weighted by Gasteiger charge is -2.29. The zero-order chi connectivity index (χ0) is 14.7. The second-order valence-electron chi connectivity index (χ2n) is 6.15. The van der Waals surface area contributed by atoms with E-state index in [0.717, 1.165) is 50.7 Å². The minimum Gasteiger partial charge on any atom is -0.341 e. The summed E-state index contributed by atoms with van der Waals surface area (Å²) in [5.41, 5.74) is 2.67. The molecule has 1 aromatic rings. The van der Waals surface area contributed by atoms with Crippen molar-refractivity contribution in [1.29, 1.82) is 0 Å². The van der Waals surface area contributed by atoms with Crippen molar-refractivity contribution in [2.24, 2.45) is 5.92 Å². The van der Waals surface area contributed by atoms with Crippen LogP contribution in [0.25, 0.3) is 0 Å². The minimum absolute atomic E-state index is 0.220. The number of nitrogens with zero attached hydrogens (tertiary/aromatic N) is 2. The Balaban J connectivity index is 1.54. The number of rotatable bonds is 3. The molecule has 21 heavy (non-hydrogen) atoms. The number of carbonyl (C=O) groups is 1. The second kappa shape index (κ2) is 6.84. The van der Waals surface area contributed by atoms with Crippen molar-refractivity contribution in [1.82, 2.24) is 9.80 Å². The van der Waals surface area contributed by atoms with E-state index < -0.39 is 0 Å². The molecule has 2 aliphatic heterocycles. The SMILES string of the molecule is Cc1cccc(CN2CCC(C(=O)N3CCSCC3)C2)c1. The van der Waals surface area contributed by atoms with E-state index in [1.807, 2.05) is 11.8 Å². The first-order valence-corrected chi connectivity index (χ1v) is 9.02. The predicted molar refractivity (Wildman–Crippen MR) is 88.5 cm³/mol. The summed E-state index contributed by atoms with van der Waals surface area (Å²) in [6.07, 6.45) is 1.02. The van der Waals surface area contributed by atoms with Gasteiger partial charge in [-0.1, -0.05) is 29.8 Å². The summed E-state index contributed by atoms with van der Waals surface area (Å²) in [7, 11) is 0. The Morgan fingerprint density at radius 2 is 2.10 bits per heavy atom. The number of benzene rings is 1. The molecule has 1 unspecified atom stereocenters. The van der Waals surface area contributed by atoms with E-state index in [-0.39, 0.29) is 5.92 Å². The summed E-state index contributed by atoms with van der Waals surface area (Å²) in [4.78, 5) is 17.0. The molecule has 4 heteroatoms. The Hall–Kier alpha value is -1.00. The Labute approximate surface area is 131 Å². The van der Waals surface area contributed by atoms with E-state index in [9.17, 15) is 4.79 Å². The molecule has 0 spiro atoms. The molecular weight excluding hydrogens is 280 g/mol. The summed E-state index contributed by atoms with van der Waals surface area (Å²) in [6.45, 7) is 6.97. The van der Waals surface area contributed by atoms with Crippen molar-refractivity contribution < 1.29 is 4.79 Å². The molecule has 2 aliphatic rings. The van der Waals surface area contributed by atoms with Gasteiger partial charge >= 0.3 is 0 Å². The number of hydrogen-bond acceptors (Lipinski definition) is 3. The molecule has 2 heterocycles. The monoisotopic (exact) mass is 304 g/mol. The number of thioether (sulfide) groups is 1. The van der Waals surface area contributed by atoms with Crippen LogP contribution in [0.2, 0.25) is 0 Å². The fraction of sp³-hybridized carbons (Fsp3) is 0.588. The first-order valence-electron chi connectivity index (χ1n) is 7.87. The normalized spacial score (nSPS) is 23.5. The van der Waals surface area contributed by atoms with Gasteiger partial charge in [0.2, 0.25) is 5.91 Å². The fourth-order valence-corrected chi connectivity index (χ4v) is 4.19. The van der Waals surface area contributed by atoms with E-state index in [1.165, 1.54) is 11.1 Å². The van der Waals surface area contributed by atoms with Gasteiger partial charge in [0.25, 0.3) is 0 Å². The van der Waals surface area contributed by atoms with E-state index in [1.54, 1.807) is 0 Å². The Morgan fingerprint density at radius 3 is 2.86 bits per heavy atom. The summed E-state index contributed by atoms with van der Waals surface area (Å²) in [6, 6.07) is 8.68. The lowest BCUT2D eigenvalue weighted by Crippen LogP contribution is -2.42. The third-order valence-electron chi connectivity index (χ3n) is 4.43. The largest absolute Gasteiger partial charge is 0.341 e. The molecule has 1 amide bonds. The maximum absolute atomic E-state index is 12.5. The fourth-order valence-electron chi connectivity index (χ4n) is 3.29. The summed E-state index contributed by atoms with van der Waals surface area (Å²) < 4.78 is 0. The van der Waals surface area contributed by atoms with Gasteiger partial charge in [0.05, 0.1) is 5.92 Å². The highest BCUT2D eigenvalue weighted by atomic mass is 32.2. The quantitative estimate of drug-likeness (QED) is 0.857. The van der Waals surface area contributed by atoms with Crippen LogP contribution in [0.1, 0.15) is 17.5 Å². The molecule has 1 atom stereocenters. The van der Waals surface area contributed by atoms with Crippen LogP contribution in [-0.2, 0) is 11.3 Å². The van der Waals surface area contributed by atoms with Crippen molar-refractivity contribution in [2.45, 2.75) is 19.9 Å². The highest BCUT2D eigenvalue weighted by Gasteiger charge is 2.31. The van der Waals surface area contributed by atoms with Crippen LogP contribution in [0, 0.1) is 12.8 Å². The highest BCUT2D eigenvalue weighted by molar-refractivity contribution is 7.99. The Bertz CT molecular complexity index is 499. The molecule has 1 aromatic carbocycles. The number of carbonyl (C=O) groups excluding carboxylic acids is 1. The maximum Gasteiger partial charge on any atom is 0.227 e. The zero-order valence-corrected chi connectivity index (χ0v) is 13.6. The number of likely N-dealkylation sites (tertiary alicyclic amines) is 1. The van der Waals surface area contributed by atoms with Crippen LogP contribution >= 0.6 is 11.8 Å². The van der Waals surface area contributed by atoms with Gasteiger partial charge in [0.1, 0.15) is 0 Å². The van der Waals surface area contributed by atoms with Crippen molar-refractivity contribution >= 4 is 17.7 Å². The van der Waals surface area contributed by atoms with Crippen LogP contribution in [0.15, 0.2) is 24.3 Å². The van der Waals surface area contributed by atoms with Gasteiger partial charge in [-0.25, -0.2) is 0 Å². The number of amides is 1. The van der Waals surface area contributed by atoms with Crippen molar-refractivity contribution in [3.8, 4) is 0 Å². The average Bonchev–Trinajstić information content (AvgIpc) is 2.96. The molecule has 3 nitrogen and oxygen atoms in total. The summed E-state index contributed by atoms with van der Waals surface area (Å²) in [5, 5.41) is 0. The van der Waals surface area contributed by atoms with Crippen molar-refractivity contribution in [3.05, 3.63) is 35.4 Å². The van der Waals surface area contributed by atoms with Crippen molar-refractivity contribution in [3.63, 3.8) is 0 Å². The molecule has 0 radical (unpaired) electrons. The van der Waals surface area contributed by atoms with Gasteiger partial charge in [0, 0.05) is 37.7 Å². The second-order valence-corrected chi connectivity index (χ2v) is 7.37. The van der Waals surface area contributed by atoms with Crippen LogP contribution in [0.4, 0.5) is 0 Å². The first-order chi connectivity index (χ1) is 10.2. The van der Waals surface area contributed by atoms with Crippen LogP contribution in [-0.4, -0.2) is 53.4 Å². The molecule has 0 N–H and O–H groups in total. The molecule has 0 saturated carbocycles. The van der Waals surface area contributed by atoms with E-state index in [2.05, 4.69) is 41.0 Å². The summed E-state index contributed by atoms with van der Waals surface area (Å²) in [5.74, 6) is 2.82. The van der Waals surface area contributed by atoms with Gasteiger partial charge in [-0.05, 0) is 25.5 Å². The van der Waals surface area contributed by atoms with Gasteiger partial charge in [0.15, 0.2) is 0 Å². The Morgan fingerprint density at radius 1 is 1.29 bits per heavy atom. The standard InChI is InChI=1S/C17H24N2OS/c1-14-3-2-4-15(11-14)12-18-6-5-16(13-18)17(20)19-7-9-21-10-8-19/h2-4,11,16H,5-10,12-13H2,1H3. The van der Waals surface area contributed by atoms with Gasteiger partial charge in [-0.3, -0.25) is 9.69 Å². The minimum atomic E-state index is 0.220.